The molecular weight excluding hydrogens is 320 g/mol. The average molecular weight is 338 g/mol. The molecule has 1 aromatic heterocycles. The minimum atomic E-state index is -0.400. The highest BCUT2D eigenvalue weighted by Crippen LogP contribution is 2.24. The molecule has 0 aliphatic carbocycles. The first-order valence-electron chi connectivity index (χ1n) is 8.21. The van der Waals surface area contributed by atoms with Crippen LogP contribution in [0.15, 0.2) is 24.3 Å². The van der Waals surface area contributed by atoms with Crippen LogP contribution in [0.3, 0.4) is 0 Å². The zero-order chi connectivity index (χ0) is 17.7. The molecule has 1 aromatic carbocycles. The monoisotopic (exact) mass is 338 g/mol. The summed E-state index contributed by atoms with van der Waals surface area (Å²) in [5, 5.41) is 4.40. The number of fused-ring (bicyclic) bond motifs is 2. The van der Waals surface area contributed by atoms with Crippen molar-refractivity contribution in [2.75, 3.05) is 13.1 Å². The Kier molecular flexibility index (Phi) is 3.45. The number of aryl methyl sites for hydroxylation is 2. The molecule has 7 nitrogen and oxygen atoms in total. The second-order valence-corrected chi connectivity index (χ2v) is 6.44. The van der Waals surface area contributed by atoms with Gasteiger partial charge in [-0.2, -0.15) is 5.10 Å². The third-order valence-electron chi connectivity index (χ3n) is 4.97. The summed E-state index contributed by atoms with van der Waals surface area (Å²) >= 11 is 0. The Morgan fingerprint density at radius 2 is 1.80 bits per heavy atom. The first-order chi connectivity index (χ1) is 12.0. The molecule has 3 amide bonds. The second kappa shape index (κ2) is 5.54. The fourth-order valence-corrected chi connectivity index (χ4v) is 3.61. The number of hydrogen-bond acceptors (Lipinski definition) is 4. The normalized spacial score (nSPS) is 16.2. The molecule has 3 heterocycles. The molecule has 25 heavy (non-hydrogen) atoms. The van der Waals surface area contributed by atoms with E-state index < -0.39 is 11.8 Å². The minimum Gasteiger partial charge on any atom is -0.335 e. The van der Waals surface area contributed by atoms with Gasteiger partial charge in [-0.05, 0) is 31.0 Å². The molecular formula is C18H18N4O3. The van der Waals surface area contributed by atoms with E-state index in [9.17, 15) is 14.4 Å². The molecule has 0 saturated heterocycles. The fourth-order valence-electron chi connectivity index (χ4n) is 3.61. The summed E-state index contributed by atoms with van der Waals surface area (Å²) in [6.45, 7) is 2.77. The Hall–Kier alpha value is -2.96. The number of aromatic nitrogens is 2. The van der Waals surface area contributed by atoms with Crippen LogP contribution in [0.2, 0.25) is 0 Å². The Morgan fingerprint density at radius 1 is 1.16 bits per heavy atom. The Labute approximate surface area is 144 Å². The molecule has 128 valence electrons. The van der Waals surface area contributed by atoms with Gasteiger partial charge in [0.25, 0.3) is 11.8 Å². The second-order valence-electron chi connectivity index (χ2n) is 6.44. The zero-order valence-electron chi connectivity index (χ0n) is 14.2. The first-order valence-corrected chi connectivity index (χ1v) is 8.21. The molecule has 0 fully saturated rings. The van der Waals surface area contributed by atoms with Gasteiger partial charge >= 0.3 is 0 Å². The third-order valence-corrected chi connectivity index (χ3v) is 4.97. The number of imide groups is 1. The van der Waals surface area contributed by atoms with Crippen LogP contribution < -0.4 is 0 Å². The van der Waals surface area contributed by atoms with Crippen LogP contribution in [-0.2, 0) is 24.8 Å². The Morgan fingerprint density at radius 3 is 2.44 bits per heavy atom. The van der Waals surface area contributed by atoms with Gasteiger partial charge in [0.05, 0.1) is 29.1 Å². The van der Waals surface area contributed by atoms with E-state index in [2.05, 4.69) is 5.10 Å². The largest absolute Gasteiger partial charge is 0.335 e. The van der Waals surface area contributed by atoms with E-state index in [1.807, 2.05) is 14.0 Å². The summed E-state index contributed by atoms with van der Waals surface area (Å²) in [5.41, 5.74) is 3.92. The molecule has 0 bridgehead atoms. The van der Waals surface area contributed by atoms with Crippen LogP contribution in [-0.4, -0.2) is 50.4 Å². The van der Waals surface area contributed by atoms with Gasteiger partial charge in [-0.3, -0.25) is 24.0 Å². The van der Waals surface area contributed by atoms with Crippen molar-refractivity contribution < 1.29 is 14.4 Å². The number of rotatable bonds is 2. The summed E-state index contributed by atoms with van der Waals surface area (Å²) in [4.78, 5) is 40.2. The van der Waals surface area contributed by atoms with Crippen LogP contribution in [0.25, 0.3) is 0 Å². The van der Waals surface area contributed by atoms with Crippen LogP contribution in [0, 0.1) is 6.92 Å². The van der Waals surface area contributed by atoms with Crippen LogP contribution in [0.1, 0.15) is 37.7 Å². The topological polar surface area (TPSA) is 75.5 Å². The van der Waals surface area contributed by atoms with Crippen molar-refractivity contribution in [2.45, 2.75) is 19.9 Å². The van der Waals surface area contributed by atoms with E-state index in [0.29, 0.717) is 24.2 Å². The number of amides is 3. The van der Waals surface area contributed by atoms with Gasteiger partial charge in [-0.15, -0.1) is 0 Å². The SMILES string of the molecule is Cc1nn(C)c2c1CCN(C(=O)CN1C(=O)c3ccccc3C1=O)C2. The predicted octanol–water partition coefficient (Wildman–Crippen LogP) is 0.909. The van der Waals surface area contributed by atoms with Crippen molar-refractivity contribution in [3.8, 4) is 0 Å². The van der Waals surface area contributed by atoms with Crippen molar-refractivity contribution in [1.82, 2.24) is 19.6 Å². The zero-order valence-corrected chi connectivity index (χ0v) is 14.2. The maximum atomic E-state index is 12.7. The van der Waals surface area contributed by atoms with Crippen LogP contribution >= 0.6 is 0 Å². The molecule has 0 unspecified atom stereocenters. The maximum absolute atomic E-state index is 12.7. The van der Waals surface area contributed by atoms with Crippen molar-refractivity contribution in [3.05, 3.63) is 52.3 Å². The summed E-state index contributed by atoms with van der Waals surface area (Å²) in [6, 6.07) is 6.66. The van der Waals surface area contributed by atoms with Crippen molar-refractivity contribution in [3.63, 3.8) is 0 Å². The highest BCUT2D eigenvalue weighted by atomic mass is 16.2. The summed E-state index contributed by atoms with van der Waals surface area (Å²) in [6.07, 6.45) is 0.739. The van der Waals surface area contributed by atoms with E-state index in [4.69, 9.17) is 0 Å². The number of carbonyl (C=O) groups is 3. The van der Waals surface area contributed by atoms with Crippen molar-refractivity contribution in [1.29, 1.82) is 0 Å². The van der Waals surface area contributed by atoms with E-state index in [1.165, 1.54) is 5.56 Å². The molecule has 0 spiro atoms. The van der Waals surface area contributed by atoms with Crippen LogP contribution in [0.4, 0.5) is 0 Å². The number of carbonyl (C=O) groups excluding carboxylic acids is 3. The Balaban J connectivity index is 1.51. The highest BCUT2D eigenvalue weighted by molar-refractivity contribution is 6.22. The smallest absolute Gasteiger partial charge is 0.262 e. The van der Waals surface area contributed by atoms with Gasteiger partial charge in [0.15, 0.2) is 0 Å². The molecule has 2 aromatic rings. The summed E-state index contributed by atoms with van der Waals surface area (Å²) in [5.74, 6) is -1.02. The molecule has 0 saturated carbocycles. The van der Waals surface area contributed by atoms with Crippen molar-refractivity contribution in [2.24, 2.45) is 7.05 Å². The number of benzene rings is 1. The lowest BCUT2D eigenvalue weighted by molar-refractivity contribution is -0.132. The Bertz CT molecular complexity index is 880. The van der Waals surface area contributed by atoms with Gasteiger partial charge in [-0.25, -0.2) is 0 Å². The standard InChI is InChI=1S/C18H18N4O3/c1-11-12-7-8-21(9-15(12)20(2)19-11)16(23)10-22-17(24)13-5-3-4-6-14(13)18(22)25/h3-6H,7-10H2,1-2H3. The third kappa shape index (κ3) is 2.34. The predicted molar refractivity (Wildman–Crippen MR) is 88.9 cm³/mol. The summed E-state index contributed by atoms with van der Waals surface area (Å²) < 4.78 is 1.80. The summed E-state index contributed by atoms with van der Waals surface area (Å²) in [7, 11) is 1.87. The maximum Gasteiger partial charge on any atom is 0.262 e. The van der Waals surface area contributed by atoms with Gasteiger partial charge in [0.2, 0.25) is 5.91 Å². The number of nitrogens with zero attached hydrogens (tertiary/aromatic N) is 4. The molecule has 4 rings (SSSR count). The van der Waals surface area contributed by atoms with Gasteiger partial charge in [-0.1, -0.05) is 12.1 Å². The molecule has 0 atom stereocenters. The molecule has 7 heteroatoms. The highest BCUT2D eigenvalue weighted by Gasteiger charge is 2.37. The number of hydrogen-bond donors (Lipinski definition) is 0. The van der Waals surface area contributed by atoms with Gasteiger partial charge in [0.1, 0.15) is 6.54 Å². The lowest BCUT2D eigenvalue weighted by Gasteiger charge is -2.29. The van der Waals surface area contributed by atoms with Crippen molar-refractivity contribution >= 4 is 17.7 Å². The van der Waals surface area contributed by atoms with E-state index in [0.717, 1.165) is 22.7 Å². The molecule has 0 radical (unpaired) electrons. The van der Waals surface area contributed by atoms with E-state index >= 15 is 0 Å². The quantitative estimate of drug-likeness (QED) is 0.763. The first kappa shape index (κ1) is 15.6. The van der Waals surface area contributed by atoms with Gasteiger partial charge in [0, 0.05) is 13.6 Å². The average Bonchev–Trinajstić information content (AvgIpc) is 3.04. The van der Waals surface area contributed by atoms with E-state index in [1.54, 1.807) is 33.8 Å². The van der Waals surface area contributed by atoms with Gasteiger partial charge < -0.3 is 4.90 Å². The van der Waals surface area contributed by atoms with Crippen LogP contribution in [0.5, 0.6) is 0 Å². The lowest BCUT2D eigenvalue weighted by atomic mass is 10.0. The molecule has 0 N–H and O–H groups in total. The lowest BCUT2D eigenvalue weighted by Crippen LogP contribution is -2.44. The fraction of sp³-hybridized carbons (Fsp3) is 0.333. The molecule has 2 aliphatic heterocycles. The van der Waals surface area contributed by atoms with E-state index in [-0.39, 0.29) is 12.5 Å². The molecule has 2 aliphatic rings. The minimum absolute atomic E-state index is 0.223.